The number of ether oxygens (including phenoxy) is 1. The van der Waals surface area contributed by atoms with Crippen LogP contribution in [0.4, 0.5) is 0 Å². The summed E-state index contributed by atoms with van der Waals surface area (Å²) in [5, 5.41) is 20.5. The molecule has 3 aromatic carbocycles. The van der Waals surface area contributed by atoms with Gasteiger partial charge in [0.25, 0.3) is 0 Å². The number of carbonyl (C=O) groups is 1. The Morgan fingerprint density at radius 3 is 2.50 bits per heavy atom. The van der Waals surface area contributed by atoms with Crippen LogP contribution in [-0.2, 0) is 0 Å². The van der Waals surface area contributed by atoms with Gasteiger partial charge in [0.1, 0.15) is 23.4 Å². The number of likely N-dealkylation sites (tertiary alicyclic amines) is 1. The third kappa shape index (κ3) is 4.52. The molecule has 4 aromatic rings. The Hall–Kier alpha value is -3.35. The number of aromatic hydroxyl groups is 2. The van der Waals surface area contributed by atoms with Gasteiger partial charge in [0.2, 0.25) is 0 Å². The maximum atomic E-state index is 13.7. The van der Waals surface area contributed by atoms with Gasteiger partial charge in [-0.1, -0.05) is 6.92 Å². The minimum atomic E-state index is -0.0819. The van der Waals surface area contributed by atoms with Crippen LogP contribution in [0.2, 0.25) is 0 Å². The molecule has 1 aliphatic heterocycles. The molecule has 5 nitrogen and oxygen atoms in total. The van der Waals surface area contributed by atoms with Gasteiger partial charge >= 0.3 is 0 Å². The number of phenolic OH excluding ortho intramolecular Hbond substituents is 2. The monoisotopic (exact) mass is 473 g/mol. The number of benzene rings is 3. The summed E-state index contributed by atoms with van der Waals surface area (Å²) >= 11 is 1.46. The Balaban J connectivity index is 1.44. The van der Waals surface area contributed by atoms with E-state index in [0.29, 0.717) is 11.1 Å². The fourth-order valence-electron chi connectivity index (χ4n) is 4.56. The summed E-state index contributed by atoms with van der Waals surface area (Å²) in [4.78, 5) is 16.9. The zero-order valence-corrected chi connectivity index (χ0v) is 19.8. The molecule has 0 aliphatic carbocycles. The third-order valence-corrected chi connectivity index (χ3v) is 7.42. The molecule has 1 unspecified atom stereocenters. The zero-order valence-electron chi connectivity index (χ0n) is 19.0. The van der Waals surface area contributed by atoms with Crippen molar-refractivity contribution in [3.05, 3.63) is 77.9 Å². The summed E-state index contributed by atoms with van der Waals surface area (Å²) in [5.41, 5.74) is 2.03. The largest absolute Gasteiger partial charge is 0.508 e. The summed E-state index contributed by atoms with van der Waals surface area (Å²) in [6.45, 7) is 5.30. The number of ketones is 1. The highest BCUT2D eigenvalue weighted by atomic mass is 32.1. The van der Waals surface area contributed by atoms with E-state index >= 15 is 0 Å². The van der Waals surface area contributed by atoms with Crippen molar-refractivity contribution < 1.29 is 19.7 Å². The molecular weight excluding hydrogens is 446 g/mol. The van der Waals surface area contributed by atoms with Crippen LogP contribution >= 0.6 is 11.3 Å². The van der Waals surface area contributed by atoms with Crippen LogP contribution in [0.15, 0.2) is 66.7 Å². The predicted octanol–water partition coefficient (Wildman–Crippen LogP) is 6.07. The van der Waals surface area contributed by atoms with Crippen LogP contribution in [-0.4, -0.2) is 46.6 Å². The molecule has 34 heavy (non-hydrogen) atoms. The van der Waals surface area contributed by atoms with Gasteiger partial charge < -0.3 is 14.9 Å². The van der Waals surface area contributed by atoms with Gasteiger partial charge in [0, 0.05) is 39.2 Å². The van der Waals surface area contributed by atoms with E-state index in [-0.39, 0.29) is 23.4 Å². The first-order valence-corrected chi connectivity index (χ1v) is 12.4. The van der Waals surface area contributed by atoms with Crippen molar-refractivity contribution in [3.8, 4) is 27.7 Å². The molecule has 0 spiro atoms. The molecule has 1 atom stereocenters. The molecule has 174 valence electrons. The summed E-state index contributed by atoms with van der Waals surface area (Å²) in [7, 11) is 0. The second kappa shape index (κ2) is 9.49. The van der Waals surface area contributed by atoms with E-state index in [1.807, 2.05) is 24.3 Å². The lowest BCUT2D eigenvalue weighted by Crippen LogP contribution is -2.25. The molecule has 1 fully saturated rings. The van der Waals surface area contributed by atoms with Crippen molar-refractivity contribution in [1.82, 2.24) is 4.90 Å². The van der Waals surface area contributed by atoms with Gasteiger partial charge in [-0.05, 0) is 91.7 Å². The van der Waals surface area contributed by atoms with Crippen molar-refractivity contribution >= 4 is 27.2 Å². The highest BCUT2D eigenvalue weighted by Crippen LogP contribution is 2.41. The minimum Gasteiger partial charge on any atom is -0.508 e. The van der Waals surface area contributed by atoms with Crippen LogP contribution in [0, 0.1) is 0 Å². The van der Waals surface area contributed by atoms with Crippen LogP contribution in [0.1, 0.15) is 35.7 Å². The van der Waals surface area contributed by atoms with Crippen LogP contribution in [0.3, 0.4) is 0 Å². The number of hydrogen-bond acceptors (Lipinski definition) is 6. The summed E-state index contributed by atoms with van der Waals surface area (Å²) in [6.07, 6.45) is 2.35. The molecule has 1 saturated heterocycles. The van der Waals surface area contributed by atoms with Gasteiger partial charge in [-0.15, -0.1) is 11.3 Å². The van der Waals surface area contributed by atoms with Crippen molar-refractivity contribution in [2.24, 2.45) is 0 Å². The lowest BCUT2D eigenvalue weighted by atomic mass is 9.97. The first-order chi connectivity index (χ1) is 16.5. The first kappa shape index (κ1) is 22.4. The smallest absolute Gasteiger partial charge is 0.195 e. The van der Waals surface area contributed by atoms with E-state index in [1.54, 1.807) is 42.5 Å². The van der Waals surface area contributed by atoms with Crippen molar-refractivity contribution in [2.75, 3.05) is 19.6 Å². The molecule has 1 aliphatic rings. The van der Waals surface area contributed by atoms with Crippen LogP contribution < -0.4 is 4.74 Å². The van der Waals surface area contributed by atoms with Crippen LogP contribution in [0.5, 0.6) is 17.2 Å². The number of thiophene rings is 1. The summed E-state index contributed by atoms with van der Waals surface area (Å²) in [6, 6.07) is 19.3. The zero-order chi connectivity index (χ0) is 23.7. The van der Waals surface area contributed by atoms with E-state index in [9.17, 15) is 15.0 Å². The maximum Gasteiger partial charge on any atom is 0.195 e. The van der Waals surface area contributed by atoms with Crippen LogP contribution in [0.25, 0.3) is 20.5 Å². The maximum absolute atomic E-state index is 13.7. The van der Waals surface area contributed by atoms with Gasteiger partial charge in [-0.25, -0.2) is 0 Å². The van der Waals surface area contributed by atoms with E-state index in [4.69, 9.17) is 4.74 Å². The third-order valence-electron chi connectivity index (χ3n) is 6.22. The van der Waals surface area contributed by atoms with E-state index in [2.05, 4.69) is 11.8 Å². The molecule has 0 radical (unpaired) electrons. The van der Waals surface area contributed by atoms with E-state index in [0.717, 1.165) is 58.8 Å². The molecule has 2 heterocycles. The van der Waals surface area contributed by atoms with Gasteiger partial charge in [0.15, 0.2) is 5.78 Å². The minimum absolute atomic E-state index is 0.0819. The van der Waals surface area contributed by atoms with Crippen molar-refractivity contribution in [1.29, 1.82) is 0 Å². The number of rotatable bonds is 7. The molecule has 0 saturated carbocycles. The lowest BCUT2D eigenvalue weighted by molar-refractivity contribution is 0.104. The predicted molar refractivity (Wildman–Crippen MR) is 136 cm³/mol. The molecule has 5 rings (SSSR count). The molecule has 0 amide bonds. The average molecular weight is 474 g/mol. The second-order valence-corrected chi connectivity index (χ2v) is 9.77. The Labute approximate surface area is 202 Å². The Bertz CT molecular complexity index is 1310. The summed E-state index contributed by atoms with van der Waals surface area (Å²) < 4.78 is 7.00. The number of nitrogens with zero attached hydrogens (tertiary/aromatic N) is 1. The summed E-state index contributed by atoms with van der Waals surface area (Å²) in [5.74, 6) is 1.03. The van der Waals surface area contributed by atoms with E-state index < -0.39 is 0 Å². The lowest BCUT2D eigenvalue weighted by Gasteiger charge is -2.16. The first-order valence-electron chi connectivity index (χ1n) is 11.6. The van der Waals surface area contributed by atoms with Crippen molar-refractivity contribution in [3.63, 3.8) is 0 Å². The fourth-order valence-corrected chi connectivity index (χ4v) is 5.80. The van der Waals surface area contributed by atoms with E-state index in [1.165, 1.54) is 11.3 Å². The molecule has 2 N–H and O–H groups in total. The molecule has 1 aromatic heterocycles. The molecule has 6 heteroatoms. The average Bonchev–Trinajstić information content (AvgIpc) is 3.43. The van der Waals surface area contributed by atoms with Gasteiger partial charge in [-0.3, -0.25) is 9.69 Å². The topological polar surface area (TPSA) is 70.0 Å². The highest BCUT2D eigenvalue weighted by Gasteiger charge is 2.24. The fraction of sp³-hybridized carbons (Fsp3) is 0.250. The Morgan fingerprint density at radius 2 is 1.76 bits per heavy atom. The number of hydrogen-bond donors (Lipinski definition) is 2. The standard InChI is InChI=1S/C28H27NO4S/c1-2-14-29-15-13-23(17-29)33-22-10-5-18(6-11-22)27(32)26-24-12-9-21(31)16-25(24)34-28(26)19-3-7-20(30)8-4-19/h3-12,16,23,30-31H,2,13-15,17H2,1H3. The quantitative estimate of drug-likeness (QED) is 0.319. The highest BCUT2D eigenvalue weighted by molar-refractivity contribution is 7.22. The normalized spacial score (nSPS) is 16.2. The SMILES string of the molecule is CCCN1CCC(Oc2ccc(C(=O)c3c(-c4ccc(O)cc4)sc4cc(O)ccc34)cc2)C1. The molecular formula is C28H27NO4S. The second-order valence-electron chi connectivity index (χ2n) is 8.72. The number of phenols is 2. The Morgan fingerprint density at radius 1 is 1.03 bits per heavy atom. The van der Waals surface area contributed by atoms with Crippen molar-refractivity contribution in [2.45, 2.75) is 25.9 Å². The molecule has 0 bridgehead atoms. The number of fused-ring (bicyclic) bond motifs is 1. The number of carbonyl (C=O) groups excluding carboxylic acids is 1. The van der Waals surface area contributed by atoms with Gasteiger partial charge in [0.05, 0.1) is 0 Å². The van der Waals surface area contributed by atoms with Gasteiger partial charge in [-0.2, -0.15) is 0 Å². The Kier molecular flexibility index (Phi) is 6.26.